The van der Waals surface area contributed by atoms with Gasteiger partial charge in [-0.15, -0.1) is 0 Å². The topological polar surface area (TPSA) is 81.2 Å². The third-order valence-corrected chi connectivity index (χ3v) is 5.80. The fourth-order valence-electron chi connectivity index (χ4n) is 3.79. The molecule has 0 N–H and O–H groups in total. The summed E-state index contributed by atoms with van der Waals surface area (Å²) in [6.07, 6.45) is 5.10. The first-order chi connectivity index (χ1) is 16.0. The lowest BCUT2D eigenvalue weighted by molar-refractivity contribution is -0.127. The van der Waals surface area contributed by atoms with Crippen molar-refractivity contribution < 1.29 is 23.2 Å². The molecule has 0 unspecified atom stereocenters. The monoisotopic (exact) mass is 451 g/mol. The number of aryl methyl sites for hydroxylation is 2. The Kier molecular flexibility index (Phi) is 7.14. The number of methoxy groups -OCH3 is 1. The number of hydrogen-bond donors (Lipinski definition) is 0. The Labute approximate surface area is 193 Å². The summed E-state index contributed by atoms with van der Waals surface area (Å²) in [7, 11) is 1.60. The quantitative estimate of drug-likeness (QED) is 0.482. The van der Waals surface area contributed by atoms with Crippen LogP contribution < -0.4 is 9.47 Å². The number of aromatic nitrogens is 1. The lowest BCUT2D eigenvalue weighted by atomic mass is 10.1. The molecule has 0 spiro atoms. The normalized spacial score (nSPS) is 14.7. The van der Waals surface area contributed by atoms with Crippen LogP contribution >= 0.6 is 0 Å². The summed E-state index contributed by atoms with van der Waals surface area (Å²) in [5.74, 6) is 2.91. The summed E-state index contributed by atoms with van der Waals surface area (Å²) in [6.45, 7) is 7.91. The van der Waals surface area contributed by atoms with E-state index in [1.54, 1.807) is 25.5 Å². The summed E-state index contributed by atoms with van der Waals surface area (Å²) in [6, 6.07) is 9.46. The Morgan fingerprint density at radius 2 is 1.97 bits per heavy atom. The molecule has 8 heteroatoms. The minimum Gasteiger partial charge on any atom is -0.493 e. The number of amides is 1. The van der Waals surface area contributed by atoms with Gasteiger partial charge in [-0.25, -0.2) is 0 Å². The van der Waals surface area contributed by atoms with Crippen molar-refractivity contribution in [2.24, 2.45) is 0 Å². The number of benzene rings is 1. The Morgan fingerprint density at radius 1 is 1.15 bits per heavy atom. The van der Waals surface area contributed by atoms with Crippen molar-refractivity contribution in [2.45, 2.75) is 27.0 Å². The first-order valence-electron chi connectivity index (χ1n) is 11.0. The molecule has 1 fully saturated rings. The lowest BCUT2D eigenvalue weighted by Gasteiger charge is -2.33. The largest absolute Gasteiger partial charge is 0.493 e. The molecule has 0 atom stereocenters. The zero-order valence-corrected chi connectivity index (χ0v) is 19.2. The van der Waals surface area contributed by atoms with Crippen LogP contribution in [0.5, 0.6) is 11.5 Å². The Hall–Kier alpha value is -3.52. The fraction of sp³-hybridized carbons (Fsp3) is 0.360. The van der Waals surface area contributed by atoms with Crippen molar-refractivity contribution in [1.29, 1.82) is 0 Å². The molecular weight excluding hydrogens is 422 g/mol. The van der Waals surface area contributed by atoms with Gasteiger partial charge < -0.3 is 23.3 Å². The predicted molar refractivity (Wildman–Crippen MR) is 123 cm³/mol. The van der Waals surface area contributed by atoms with E-state index in [0.29, 0.717) is 31.2 Å². The molecule has 1 aromatic carbocycles. The van der Waals surface area contributed by atoms with E-state index in [2.05, 4.69) is 10.1 Å². The second kappa shape index (κ2) is 10.4. The van der Waals surface area contributed by atoms with Gasteiger partial charge in [0.05, 0.1) is 31.2 Å². The van der Waals surface area contributed by atoms with Gasteiger partial charge in [-0.2, -0.15) is 0 Å². The first kappa shape index (κ1) is 22.7. The molecule has 2 aromatic heterocycles. The van der Waals surface area contributed by atoms with Crippen LogP contribution in [0.4, 0.5) is 0 Å². The summed E-state index contributed by atoms with van der Waals surface area (Å²) in [4.78, 5) is 16.8. The SMILES string of the molecule is COc1cc(/C=C/C(=O)N2CCN(Cc3ccco3)CC2)ccc1OCc1c(C)noc1C. The van der Waals surface area contributed by atoms with Crippen molar-refractivity contribution in [3.05, 3.63) is 71.0 Å². The van der Waals surface area contributed by atoms with Gasteiger partial charge in [0.1, 0.15) is 18.1 Å². The third-order valence-electron chi connectivity index (χ3n) is 5.80. The molecule has 1 saturated heterocycles. The second-order valence-corrected chi connectivity index (χ2v) is 8.02. The van der Waals surface area contributed by atoms with E-state index in [0.717, 1.165) is 48.0 Å². The number of furan rings is 1. The zero-order valence-electron chi connectivity index (χ0n) is 19.2. The third kappa shape index (κ3) is 5.64. The number of piperazine rings is 1. The van der Waals surface area contributed by atoms with E-state index >= 15 is 0 Å². The van der Waals surface area contributed by atoms with Gasteiger partial charge in [0.15, 0.2) is 11.5 Å². The van der Waals surface area contributed by atoms with Gasteiger partial charge in [0.25, 0.3) is 0 Å². The first-order valence-corrected chi connectivity index (χ1v) is 11.0. The van der Waals surface area contributed by atoms with Crippen molar-refractivity contribution in [3.63, 3.8) is 0 Å². The van der Waals surface area contributed by atoms with E-state index in [1.807, 2.05) is 49.1 Å². The van der Waals surface area contributed by atoms with Crippen LogP contribution in [0.25, 0.3) is 6.08 Å². The van der Waals surface area contributed by atoms with E-state index in [-0.39, 0.29) is 5.91 Å². The highest BCUT2D eigenvalue weighted by Gasteiger charge is 2.20. The van der Waals surface area contributed by atoms with E-state index in [9.17, 15) is 4.79 Å². The summed E-state index contributed by atoms with van der Waals surface area (Å²) in [5.41, 5.74) is 2.60. The van der Waals surface area contributed by atoms with Crippen LogP contribution in [0.3, 0.4) is 0 Å². The van der Waals surface area contributed by atoms with Crippen LogP contribution in [-0.4, -0.2) is 54.2 Å². The highest BCUT2D eigenvalue weighted by Crippen LogP contribution is 2.30. The van der Waals surface area contributed by atoms with Gasteiger partial charge in [0, 0.05) is 32.3 Å². The van der Waals surface area contributed by atoms with Crippen molar-refractivity contribution >= 4 is 12.0 Å². The van der Waals surface area contributed by atoms with Gasteiger partial charge in [-0.1, -0.05) is 11.2 Å². The zero-order chi connectivity index (χ0) is 23.2. The number of hydrogen-bond acceptors (Lipinski definition) is 7. The van der Waals surface area contributed by atoms with E-state index < -0.39 is 0 Å². The lowest BCUT2D eigenvalue weighted by Crippen LogP contribution is -2.47. The molecule has 4 rings (SSSR count). The van der Waals surface area contributed by atoms with Crippen LogP contribution in [0.2, 0.25) is 0 Å². The van der Waals surface area contributed by atoms with Crippen molar-refractivity contribution in [3.8, 4) is 11.5 Å². The fourth-order valence-corrected chi connectivity index (χ4v) is 3.79. The Bertz CT molecular complexity index is 1080. The molecule has 0 aliphatic carbocycles. The van der Waals surface area contributed by atoms with Gasteiger partial charge in [-0.05, 0) is 49.8 Å². The smallest absolute Gasteiger partial charge is 0.246 e. The number of ether oxygens (including phenoxy) is 2. The highest BCUT2D eigenvalue weighted by molar-refractivity contribution is 5.92. The standard InChI is InChI=1S/C25H29N3O5/c1-18-22(19(2)33-26-18)17-32-23-8-6-20(15-24(23)30-3)7-9-25(29)28-12-10-27(11-13-28)16-21-5-4-14-31-21/h4-9,14-15H,10-13,16-17H2,1-3H3/b9-7+. The molecule has 33 heavy (non-hydrogen) atoms. The number of nitrogens with zero attached hydrogens (tertiary/aromatic N) is 3. The number of carbonyl (C=O) groups is 1. The molecule has 0 bridgehead atoms. The second-order valence-electron chi connectivity index (χ2n) is 8.02. The molecule has 3 heterocycles. The number of rotatable bonds is 8. The maximum absolute atomic E-state index is 12.6. The van der Waals surface area contributed by atoms with Gasteiger partial charge in [-0.3, -0.25) is 9.69 Å². The molecule has 0 radical (unpaired) electrons. The Balaban J connectivity index is 1.31. The van der Waals surface area contributed by atoms with E-state index in [4.69, 9.17) is 18.4 Å². The van der Waals surface area contributed by atoms with Gasteiger partial charge >= 0.3 is 0 Å². The summed E-state index contributed by atoms with van der Waals surface area (Å²) >= 11 is 0. The average molecular weight is 452 g/mol. The van der Waals surface area contributed by atoms with Crippen LogP contribution in [0.1, 0.15) is 28.3 Å². The highest BCUT2D eigenvalue weighted by atomic mass is 16.5. The molecule has 1 amide bonds. The molecule has 3 aromatic rings. The predicted octanol–water partition coefficient (Wildman–Crippen LogP) is 3.83. The minimum atomic E-state index is 0.00495. The number of carbonyl (C=O) groups excluding carboxylic acids is 1. The molecular formula is C25H29N3O5. The summed E-state index contributed by atoms with van der Waals surface area (Å²) < 4.78 is 22.0. The molecule has 1 aliphatic heterocycles. The van der Waals surface area contributed by atoms with Crippen LogP contribution in [-0.2, 0) is 17.9 Å². The Morgan fingerprint density at radius 3 is 2.64 bits per heavy atom. The average Bonchev–Trinajstić information content (AvgIpc) is 3.46. The maximum atomic E-state index is 12.6. The summed E-state index contributed by atoms with van der Waals surface area (Å²) in [5, 5.41) is 3.95. The van der Waals surface area contributed by atoms with Gasteiger partial charge in [0.2, 0.25) is 5.91 Å². The van der Waals surface area contributed by atoms with Crippen molar-refractivity contribution in [2.75, 3.05) is 33.3 Å². The van der Waals surface area contributed by atoms with E-state index in [1.165, 1.54) is 0 Å². The molecule has 8 nitrogen and oxygen atoms in total. The minimum absolute atomic E-state index is 0.00495. The van der Waals surface area contributed by atoms with Crippen molar-refractivity contribution in [1.82, 2.24) is 15.0 Å². The molecule has 174 valence electrons. The molecule has 0 saturated carbocycles. The van der Waals surface area contributed by atoms with Crippen LogP contribution in [0.15, 0.2) is 51.6 Å². The molecule has 1 aliphatic rings. The maximum Gasteiger partial charge on any atom is 0.246 e. The van der Waals surface area contributed by atoms with Crippen LogP contribution in [0, 0.1) is 13.8 Å².